The maximum Gasteiger partial charge on any atom is 0.344 e. The van der Waals surface area contributed by atoms with Crippen molar-refractivity contribution < 1.29 is 14.3 Å². The smallest absolute Gasteiger partial charge is 0.344 e. The fourth-order valence-corrected chi connectivity index (χ4v) is 3.37. The van der Waals surface area contributed by atoms with E-state index in [4.69, 9.17) is 17.0 Å². The van der Waals surface area contributed by atoms with Crippen LogP contribution in [0.15, 0.2) is 24.3 Å². The fraction of sp³-hybridized carbons (Fsp3) is 0.550. The van der Waals surface area contributed by atoms with Gasteiger partial charge in [0.25, 0.3) is 5.91 Å². The first-order valence-electron chi connectivity index (χ1n) is 9.71. The van der Waals surface area contributed by atoms with Crippen LogP contribution in [0.5, 0.6) is 5.75 Å². The molecule has 1 saturated heterocycles. The van der Waals surface area contributed by atoms with Gasteiger partial charge < -0.3 is 15.4 Å². The van der Waals surface area contributed by atoms with Gasteiger partial charge >= 0.3 is 6.03 Å². The van der Waals surface area contributed by atoms with E-state index in [0.29, 0.717) is 23.8 Å². The van der Waals surface area contributed by atoms with Crippen LogP contribution >= 0.6 is 12.2 Å². The molecule has 1 aliphatic rings. The molecular weight excluding hydrogens is 376 g/mol. The Morgan fingerprint density at radius 2 is 2.11 bits per heavy atom. The second-order valence-corrected chi connectivity index (χ2v) is 7.57. The predicted octanol–water partition coefficient (Wildman–Crippen LogP) is 3.06. The van der Waals surface area contributed by atoms with Gasteiger partial charge in [0.15, 0.2) is 5.11 Å². The minimum Gasteiger partial charge on any atom is -0.497 e. The van der Waals surface area contributed by atoms with Gasteiger partial charge in [-0.1, -0.05) is 45.2 Å². The molecule has 0 bridgehead atoms. The average molecular weight is 407 g/mol. The molecule has 2 atom stereocenters. The summed E-state index contributed by atoms with van der Waals surface area (Å²) in [5.41, 5.74) is 2.17. The Balaban J connectivity index is 2.02. The van der Waals surface area contributed by atoms with E-state index in [2.05, 4.69) is 29.9 Å². The molecule has 1 aliphatic heterocycles. The van der Waals surface area contributed by atoms with Crippen LogP contribution in [0.4, 0.5) is 4.79 Å². The summed E-state index contributed by atoms with van der Waals surface area (Å²) in [5, 5.41) is 7.05. The van der Waals surface area contributed by atoms with E-state index in [9.17, 15) is 9.59 Å². The Bertz CT molecular complexity index is 727. The number of methoxy groups -OCH3 is 1. The van der Waals surface area contributed by atoms with Gasteiger partial charge in [-0.3, -0.25) is 10.2 Å². The Morgan fingerprint density at radius 3 is 2.75 bits per heavy atom. The topological polar surface area (TPSA) is 82.7 Å². The molecule has 154 valence electrons. The van der Waals surface area contributed by atoms with Gasteiger partial charge in [-0.25, -0.2) is 4.79 Å². The minimum atomic E-state index is -1.19. The van der Waals surface area contributed by atoms with E-state index in [1.807, 2.05) is 0 Å². The molecule has 28 heavy (non-hydrogen) atoms. The number of carbonyl (C=O) groups is 2. The SMILES string of the molecule is CCCC[C@H](CC)CNC(=S)NN1C(=O)N[C@](C)(c2cccc(OC)c2)C1=O. The molecule has 0 spiro atoms. The van der Waals surface area contributed by atoms with Crippen LogP contribution in [0.1, 0.15) is 52.0 Å². The number of benzene rings is 1. The molecule has 1 aromatic carbocycles. The highest BCUT2D eigenvalue weighted by molar-refractivity contribution is 7.80. The van der Waals surface area contributed by atoms with Crippen LogP contribution in [0, 0.1) is 5.92 Å². The molecule has 1 heterocycles. The number of nitrogens with zero attached hydrogens (tertiary/aromatic N) is 1. The highest BCUT2D eigenvalue weighted by Gasteiger charge is 2.50. The lowest BCUT2D eigenvalue weighted by Gasteiger charge is -2.23. The normalized spacial score (nSPS) is 19.9. The zero-order chi connectivity index (χ0) is 20.7. The molecule has 0 aromatic heterocycles. The summed E-state index contributed by atoms with van der Waals surface area (Å²) in [6, 6.07) is 6.53. The molecule has 0 unspecified atom stereocenters. The van der Waals surface area contributed by atoms with Crippen molar-refractivity contribution in [2.75, 3.05) is 13.7 Å². The Kier molecular flexibility index (Phi) is 7.62. The summed E-state index contributed by atoms with van der Waals surface area (Å²) in [6.45, 7) is 6.69. The molecule has 3 N–H and O–H groups in total. The van der Waals surface area contributed by atoms with Crippen LogP contribution < -0.4 is 20.8 Å². The van der Waals surface area contributed by atoms with Gasteiger partial charge in [-0.2, -0.15) is 5.01 Å². The first kappa shape index (κ1) is 21.9. The van der Waals surface area contributed by atoms with Crippen LogP contribution in [0.3, 0.4) is 0 Å². The van der Waals surface area contributed by atoms with Crippen molar-refractivity contribution in [2.24, 2.45) is 5.92 Å². The van der Waals surface area contributed by atoms with Gasteiger partial charge in [0, 0.05) is 6.54 Å². The molecule has 0 radical (unpaired) electrons. The summed E-state index contributed by atoms with van der Waals surface area (Å²) < 4.78 is 5.22. The summed E-state index contributed by atoms with van der Waals surface area (Å²) >= 11 is 5.29. The van der Waals surface area contributed by atoms with E-state index >= 15 is 0 Å². The molecule has 3 amide bonds. The van der Waals surface area contributed by atoms with Crippen LogP contribution in [0.2, 0.25) is 0 Å². The Morgan fingerprint density at radius 1 is 1.36 bits per heavy atom. The number of thiocarbonyl (C=S) groups is 1. The van der Waals surface area contributed by atoms with Gasteiger partial charge in [0.2, 0.25) is 0 Å². The molecule has 7 nitrogen and oxygen atoms in total. The Labute approximate surface area is 172 Å². The standard InChI is InChI=1S/C20H30N4O3S/c1-5-7-9-14(6-2)13-21-18(28)23-24-17(25)20(3,22-19(24)26)15-10-8-11-16(12-15)27-4/h8,10-12,14H,5-7,9,13H2,1-4H3,(H,22,26)(H2,21,23,28)/t14-,20+/m0/s1. The first-order chi connectivity index (χ1) is 13.3. The zero-order valence-electron chi connectivity index (χ0n) is 17.0. The first-order valence-corrected chi connectivity index (χ1v) is 10.1. The van der Waals surface area contributed by atoms with Crippen molar-refractivity contribution in [2.45, 2.75) is 52.0 Å². The van der Waals surface area contributed by atoms with Crippen LogP contribution in [0.25, 0.3) is 0 Å². The number of hydrogen-bond acceptors (Lipinski definition) is 4. The maximum atomic E-state index is 13.0. The second kappa shape index (κ2) is 9.73. The number of unbranched alkanes of at least 4 members (excludes halogenated alkanes) is 1. The Hall–Kier alpha value is -2.35. The number of hydrogen-bond donors (Lipinski definition) is 3. The molecule has 2 rings (SSSR count). The molecular formula is C20H30N4O3S. The van der Waals surface area contributed by atoms with Gasteiger partial charge in [-0.05, 0) is 49.2 Å². The zero-order valence-corrected chi connectivity index (χ0v) is 17.8. The second-order valence-electron chi connectivity index (χ2n) is 7.17. The van der Waals surface area contributed by atoms with Crippen molar-refractivity contribution in [1.29, 1.82) is 0 Å². The number of imide groups is 1. The summed E-state index contributed by atoms with van der Waals surface area (Å²) in [6.07, 6.45) is 4.50. The third-order valence-electron chi connectivity index (χ3n) is 5.15. The predicted molar refractivity (Wildman–Crippen MR) is 113 cm³/mol. The summed E-state index contributed by atoms with van der Waals surface area (Å²) in [7, 11) is 1.55. The van der Waals surface area contributed by atoms with Crippen molar-refractivity contribution >= 4 is 29.3 Å². The average Bonchev–Trinajstić information content (AvgIpc) is 2.92. The monoisotopic (exact) mass is 406 g/mol. The minimum absolute atomic E-state index is 0.258. The lowest BCUT2D eigenvalue weighted by Crippen LogP contribution is -2.51. The molecule has 0 saturated carbocycles. The lowest BCUT2D eigenvalue weighted by molar-refractivity contribution is -0.132. The third-order valence-corrected chi connectivity index (χ3v) is 5.38. The van der Waals surface area contributed by atoms with E-state index in [-0.39, 0.29) is 5.11 Å². The largest absolute Gasteiger partial charge is 0.497 e. The number of nitrogens with one attached hydrogen (secondary N) is 3. The molecule has 0 aliphatic carbocycles. The highest BCUT2D eigenvalue weighted by atomic mass is 32.1. The number of rotatable bonds is 9. The number of urea groups is 1. The lowest BCUT2D eigenvalue weighted by atomic mass is 9.92. The van der Waals surface area contributed by atoms with E-state index in [0.717, 1.165) is 24.3 Å². The van der Waals surface area contributed by atoms with Gasteiger partial charge in [-0.15, -0.1) is 0 Å². The number of amides is 3. The van der Waals surface area contributed by atoms with Crippen molar-refractivity contribution in [3.8, 4) is 5.75 Å². The maximum absolute atomic E-state index is 13.0. The van der Waals surface area contributed by atoms with E-state index < -0.39 is 17.5 Å². The van der Waals surface area contributed by atoms with Crippen molar-refractivity contribution in [3.05, 3.63) is 29.8 Å². The summed E-state index contributed by atoms with van der Waals surface area (Å²) in [5.74, 6) is 0.694. The van der Waals surface area contributed by atoms with Gasteiger partial charge in [0.05, 0.1) is 7.11 Å². The number of carbonyl (C=O) groups excluding carboxylic acids is 2. The van der Waals surface area contributed by atoms with Crippen molar-refractivity contribution in [1.82, 2.24) is 21.1 Å². The number of hydrazine groups is 1. The molecule has 8 heteroatoms. The number of ether oxygens (including phenoxy) is 1. The highest BCUT2D eigenvalue weighted by Crippen LogP contribution is 2.30. The van der Waals surface area contributed by atoms with Crippen LogP contribution in [-0.4, -0.2) is 35.7 Å². The van der Waals surface area contributed by atoms with Crippen molar-refractivity contribution in [3.63, 3.8) is 0 Å². The van der Waals surface area contributed by atoms with E-state index in [1.54, 1.807) is 38.3 Å². The fourth-order valence-electron chi connectivity index (χ4n) is 3.19. The summed E-state index contributed by atoms with van der Waals surface area (Å²) in [4.78, 5) is 25.4. The quantitative estimate of drug-likeness (QED) is 0.432. The molecule has 1 fully saturated rings. The molecule has 1 aromatic rings. The van der Waals surface area contributed by atoms with Crippen LogP contribution in [-0.2, 0) is 10.3 Å². The van der Waals surface area contributed by atoms with Gasteiger partial charge in [0.1, 0.15) is 11.3 Å². The third kappa shape index (κ3) is 4.92. The van der Waals surface area contributed by atoms with E-state index in [1.165, 1.54) is 6.42 Å².